The van der Waals surface area contributed by atoms with E-state index in [2.05, 4.69) is 38.3 Å². The van der Waals surface area contributed by atoms with E-state index >= 15 is 0 Å². The molecule has 0 atom stereocenters. The minimum Gasteiger partial charge on any atom is -0.385 e. The van der Waals surface area contributed by atoms with Crippen LogP contribution in [0.25, 0.3) is 0 Å². The van der Waals surface area contributed by atoms with Gasteiger partial charge in [-0.15, -0.1) is 0 Å². The van der Waals surface area contributed by atoms with E-state index in [1.165, 1.54) is 0 Å². The maximum atomic E-state index is 12.4. The molecule has 3 nitrogen and oxygen atoms in total. The quantitative estimate of drug-likeness (QED) is 0.829. The number of hydrogen-bond donors (Lipinski definition) is 2. The van der Waals surface area contributed by atoms with E-state index < -0.39 is 0 Å². The number of carbonyl (C=O) groups is 1. The Balaban J connectivity index is 2.84. The van der Waals surface area contributed by atoms with Gasteiger partial charge in [0.1, 0.15) is 0 Å². The summed E-state index contributed by atoms with van der Waals surface area (Å²) in [6.07, 6.45) is 0. The Kier molecular flexibility index (Phi) is 5.61. The summed E-state index contributed by atoms with van der Waals surface area (Å²) >= 11 is 0. The third-order valence-corrected chi connectivity index (χ3v) is 4.05. The zero-order valence-corrected chi connectivity index (χ0v) is 13.6. The molecule has 0 radical (unpaired) electrons. The molecule has 1 amide bonds. The second-order valence-electron chi connectivity index (χ2n) is 6.41. The lowest BCUT2D eigenvalue weighted by atomic mass is 9.81. The summed E-state index contributed by atoms with van der Waals surface area (Å²) in [4.78, 5) is 12.4. The van der Waals surface area contributed by atoms with Crippen LogP contribution in [0, 0.1) is 18.3 Å². The van der Waals surface area contributed by atoms with Crippen LogP contribution in [-0.4, -0.2) is 19.0 Å². The SMILES string of the molecule is CCNc1ccc(C)cc1C(=O)NCC(C)(C)C(C)C. The minimum atomic E-state index is -0.00150. The lowest BCUT2D eigenvalue weighted by Crippen LogP contribution is -2.37. The molecule has 0 aliphatic heterocycles. The number of anilines is 1. The highest BCUT2D eigenvalue weighted by atomic mass is 16.1. The number of rotatable bonds is 6. The number of carbonyl (C=O) groups excluding carboxylic acids is 1. The van der Waals surface area contributed by atoms with Gasteiger partial charge in [0, 0.05) is 18.8 Å². The zero-order chi connectivity index (χ0) is 15.3. The molecule has 0 saturated carbocycles. The molecule has 0 saturated heterocycles. The number of aryl methyl sites for hydroxylation is 1. The lowest BCUT2D eigenvalue weighted by molar-refractivity contribution is 0.0925. The molecule has 0 heterocycles. The summed E-state index contributed by atoms with van der Waals surface area (Å²) in [6, 6.07) is 5.93. The standard InChI is InChI=1S/C17H28N2O/c1-7-18-15-9-8-13(4)10-14(15)16(20)19-11-17(5,6)12(2)3/h8-10,12,18H,7,11H2,1-6H3,(H,19,20). The first-order valence-corrected chi connectivity index (χ1v) is 7.40. The van der Waals surface area contributed by atoms with Crippen molar-refractivity contribution in [1.82, 2.24) is 5.32 Å². The van der Waals surface area contributed by atoms with E-state index in [-0.39, 0.29) is 11.3 Å². The van der Waals surface area contributed by atoms with Gasteiger partial charge in [-0.3, -0.25) is 4.79 Å². The molecule has 1 aromatic rings. The summed E-state index contributed by atoms with van der Waals surface area (Å²) in [7, 11) is 0. The van der Waals surface area contributed by atoms with Crippen LogP contribution in [0.2, 0.25) is 0 Å². The van der Waals surface area contributed by atoms with Crippen LogP contribution in [0.4, 0.5) is 5.69 Å². The van der Waals surface area contributed by atoms with Crippen LogP contribution < -0.4 is 10.6 Å². The van der Waals surface area contributed by atoms with E-state index in [1.54, 1.807) is 0 Å². The summed E-state index contributed by atoms with van der Waals surface area (Å²) in [5.41, 5.74) is 2.82. The highest BCUT2D eigenvalue weighted by molar-refractivity contribution is 5.99. The number of nitrogens with one attached hydrogen (secondary N) is 2. The second-order valence-corrected chi connectivity index (χ2v) is 6.41. The van der Waals surface area contributed by atoms with Gasteiger partial charge in [0.2, 0.25) is 0 Å². The van der Waals surface area contributed by atoms with Gasteiger partial charge in [0.05, 0.1) is 5.56 Å². The smallest absolute Gasteiger partial charge is 0.253 e. The highest BCUT2D eigenvalue weighted by Gasteiger charge is 2.23. The van der Waals surface area contributed by atoms with E-state index in [9.17, 15) is 4.79 Å². The average Bonchev–Trinajstić information content (AvgIpc) is 2.38. The first-order valence-electron chi connectivity index (χ1n) is 7.40. The molecule has 0 fully saturated rings. The normalized spacial score (nSPS) is 11.6. The van der Waals surface area contributed by atoms with Gasteiger partial charge >= 0.3 is 0 Å². The van der Waals surface area contributed by atoms with Gasteiger partial charge in [-0.25, -0.2) is 0 Å². The van der Waals surface area contributed by atoms with Gasteiger partial charge in [-0.1, -0.05) is 39.3 Å². The Morgan fingerprint density at radius 2 is 1.95 bits per heavy atom. The molecular weight excluding hydrogens is 248 g/mol. The fourth-order valence-electron chi connectivity index (χ4n) is 1.80. The predicted octanol–water partition coefficient (Wildman–Crippen LogP) is 3.84. The molecular formula is C17H28N2O. The van der Waals surface area contributed by atoms with Crippen LogP contribution in [0.15, 0.2) is 18.2 Å². The minimum absolute atomic E-state index is 0.00150. The van der Waals surface area contributed by atoms with Crippen molar-refractivity contribution in [2.75, 3.05) is 18.4 Å². The molecule has 0 aliphatic rings. The fraction of sp³-hybridized carbons (Fsp3) is 0.588. The van der Waals surface area contributed by atoms with Gasteiger partial charge in [0.15, 0.2) is 0 Å². The average molecular weight is 276 g/mol. The zero-order valence-electron chi connectivity index (χ0n) is 13.6. The fourth-order valence-corrected chi connectivity index (χ4v) is 1.80. The Hall–Kier alpha value is -1.51. The highest BCUT2D eigenvalue weighted by Crippen LogP contribution is 2.25. The summed E-state index contributed by atoms with van der Waals surface area (Å²) in [5, 5.41) is 6.31. The predicted molar refractivity (Wildman–Crippen MR) is 86.3 cm³/mol. The number of amides is 1. The van der Waals surface area contributed by atoms with Crippen molar-refractivity contribution >= 4 is 11.6 Å². The van der Waals surface area contributed by atoms with Crippen molar-refractivity contribution in [1.29, 1.82) is 0 Å². The van der Waals surface area contributed by atoms with Crippen molar-refractivity contribution in [3.8, 4) is 0 Å². The topological polar surface area (TPSA) is 41.1 Å². The molecule has 112 valence electrons. The monoisotopic (exact) mass is 276 g/mol. The van der Waals surface area contributed by atoms with Crippen molar-refractivity contribution in [3.63, 3.8) is 0 Å². The van der Waals surface area contributed by atoms with Gasteiger partial charge in [0.25, 0.3) is 5.91 Å². The van der Waals surface area contributed by atoms with Crippen LogP contribution in [0.3, 0.4) is 0 Å². The van der Waals surface area contributed by atoms with Crippen LogP contribution in [0.1, 0.15) is 50.5 Å². The molecule has 20 heavy (non-hydrogen) atoms. The maximum absolute atomic E-state index is 12.4. The maximum Gasteiger partial charge on any atom is 0.253 e. The first kappa shape index (κ1) is 16.5. The van der Waals surface area contributed by atoms with E-state index in [0.717, 1.165) is 23.4 Å². The van der Waals surface area contributed by atoms with Crippen LogP contribution in [-0.2, 0) is 0 Å². The summed E-state index contributed by atoms with van der Waals surface area (Å²) < 4.78 is 0. The Morgan fingerprint density at radius 3 is 2.50 bits per heavy atom. The largest absolute Gasteiger partial charge is 0.385 e. The number of hydrogen-bond acceptors (Lipinski definition) is 2. The van der Waals surface area contributed by atoms with E-state index in [4.69, 9.17) is 0 Å². The van der Waals surface area contributed by atoms with Gasteiger partial charge in [-0.05, 0) is 37.3 Å². The van der Waals surface area contributed by atoms with Gasteiger partial charge in [-0.2, -0.15) is 0 Å². The number of benzene rings is 1. The van der Waals surface area contributed by atoms with Gasteiger partial charge < -0.3 is 10.6 Å². The van der Waals surface area contributed by atoms with Crippen molar-refractivity contribution in [2.45, 2.75) is 41.5 Å². The second kappa shape index (κ2) is 6.78. The van der Waals surface area contributed by atoms with Crippen molar-refractivity contribution < 1.29 is 4.79 Å². The Bertz CT molecular complexity index is 464. The van der Waals surface area contributed by atoms with Crippen molar-refractivity contribution in [2.24, 2.45) is 11.3 Å². The molecule has 1 aromatic carbocycles. The van der Waals surface area contributed by atoms with E-state index in [1.807, 2.05) is 32.0 Å². The summed E-state index contributed by atoms with van der Waals surface area (Å²) in [5.74, 6) is 0.520. The molecule has 0 bridgehead atoms. The van der Waals surface area contributed by atoms with Crippen molar-refractivity contribution in [3.05, 3.63) is 29.3 Å². The third kappa shape index (κ3) is 4.26. The lowest BCUT2D eigenvalue weighted by Gasteiger charge is -2.29. The molecule has 2 N–H and O–H groups in total. The Labute approximate surface area is 123 Å². The molecule has 0 aromatic heterocycles. The van der Waals surface area contributed by atoms with Crippen LogP contribution >= 0.6 is 0 Å². The third-order valence-electron chi connectivity index (χ3n) is 4.05. The molecule has 0 unspecified atom stereocenters. The molecule has 0 spiro atoms. The van der Waals surface area contributed by atoms with Crippen LogP contribution in [0.5, 0.6) is 0 Å². The summed E-state index contributed by atoms with van der Waals surface area (Å²) in [6.45, 7) is 14.3. The molecule has 1 rings (SSSR count). The molecule has 3 heteroatoms. The molecule has 0 aliphatic carbocycles. The Morgan fingerprint density at radius 1 is 1.30 bits per heavy atom. The van der Waals surface area contributed by atoms with E-state index in [0.29, 0.717) is 12.5 Å². The first-order chi connectivity index (χ1) is 9.27.